The van der Waals surface area contributed by atoms with E-state index in [4.69, 9.17) is 10.2 Å². The first-order valence-corrected chi connectivity index (χ1v) is 7.36. The van der Waals surface area contributed by atoms with Gasteiger partial charge in [0, 0.05) is 12.6 Å². The Hall–Kier alpha value is -1.33. The summed E-state index contributed by atoms with van der Waals surface area (Å²) in [5, 5.41) is 2.83. The lowest BCUT2D eigenvalue weighted by atomic mass is 10.0. The predicted octanol–water partition coefficient (Wildman–Crippen LogP) is 1.82. The normalized spacial score (nSPS) is 14.3. The Labute approximate surface area is 121 Å². The maximum Gasteiger partial charge on any atom is 0.234 e. The van der Waals surface area contributed by atoms with Gasteiger partial charge in [0.05, 0.1) is 12.6 Å². The second kappa shape index (κ2) is 8.07. The van der Waals surface area contributed by atoms with Crippen LogP contribution in [0, 0.1) is 6.92 Å². The lowest BCUT2D eigenvalue weighted by molar-refractivity contribution is -0.122. The zero-order valence-corrected chi connectivity index (χ0v) is 13.0. The number of furan rings is 1. The van der Waals surface area contributed by atoms with Crippen LogP contribution >= 0.6 is 0 Å². The molecule has 1 amide bonds. The number of hydrogen-bond donors (Lipinski definition) is 2. The molecule has 1 aromatic heterocycles. The summed E-state index contributed by atoms with van der Waals surface area (Å²) in [7, 11) is 0. The molecular weight excluding hydrogens is 254 g/mol. The number of amides is 1. The van der Waals surface area contributed by atoms with Gasteiger partial charge in [0.1, 0.15) is 11.5 Å². The molecule has 5 heteroatoms. The first-order chi connectivity index (χ1) is 9.53. The SMILES string of the molecule is CCNC(=O)CN(CC)C(c1ccc(C)o1)C(N)CC. The molecule has 0 aliphatic heterocycles. The van der Waals surface area contributed by atoms with Crippen LogP contribution in [-0.4, -0.2) is 36.5 Å². The van der Waals surface area contributed by atoms with E-state index in [0.29, 0.717) is 13.1 Å². The van der Waals surface area contributed by atoms with Gasteiger partial charge in [0.15, 0.2) is 0 Å². The van der Waals surface area contributed by atoms with E-state index in [2.05, 4.69) is 10.2 Å². The van der Waals surface area contributed by atoms with Gasteiger partial charge in [-0.3, -0.25) is 9.69 Å². The molecule has 0 aromatic carbocycles. The molecule has 0 radical (unpaired) electrons. The van der Waals surface area contributed by atoms with Crippen LogP contribution < -0.4 is 11.1 Å². The minimum Gasteiger partial charge on any atom is -0.465 e. The third-order valence-electron chi connectivity index (χ3n) is 3.45. The lowest BCUT2D eigenvalue weighted by Gasteiger charge is -2.32. The van der Waals surface area contributed by atoms with Crippen molar-refractivity contribution in [2.24, 2.45) is 5.73 Å². The summed E-state index contributed by atoms with van der Waals surface area (Å²) in [6, 6.07) is 3.76. The van der Waals surface area contributed by atoms with Crippen molar-refractivity contribution >= 4 is 5.91 Å². The molecule has 114 valence electrons. The van der Waals surface area contributed by atoms with Crippen molar-refractivity contribution in [1.82, 2.24) is 10.2 Å². The molecule has 0 aliphatic carbocycles. The standard InChI is InChI=1S/C15H27N3O2/c1-5-12(16)15(13-9-8-11(4)20-13)18(7-3)10-14(19)17-6-2/h8-9,12,15H,5-7,10,16H2,1-4H3,(H,17,19). The van der Waals surface area contributed by atoms with Crippen LogP contribution in [-0.2, 0) is 4.79 Å². The second-order valence-corrected chi connectivity index (χ2v) is 4.98. The van der Waals surface area contributed by atoms with Crippen LogP contribution in [0.4, 0.5) is 0 Å². The highest BCUT2D eigenvalue weighted by atomic mass is 16.3. The average molecular weight is 281 g/mol. The average Bonchev–Trinajstić information content (AvgIpc) is 2.84. The summed E-state index contributed by atoms with van der Waals surface area (Å²) in [5.41, 5.74) is 6.25. The van der Waals surface area contributed by atoms with Crippen LogP contribution in [0.5, 0.6) is 0 Å². The van der Waals surface area contributed by atoms with Crippen molar-refractivity contribution in [1.29, 1.82) is 0 Å². The maximum atomic E-state index is 11.8. The van der Waals surface area contributed by atoms with Crippen molar-refractivity contribution in [3.05, 3.63) is 23.7 Å². The Morgan fingerprint density at radius 1 is 1.40 bits per heavy atom. The molecule has 5 nitrogen and oxygen atoms in total. The molecule has 2 unspecified atom stereocenters. The molecule has 0 fully saturated rings. The summed E-state index contributed by atoms with van der Waals surface area (Å²) in [4.78, 5) is 13.9. The van der Waals surface area contributed by atoms with Crippen molar-refractivity contribution in [2.45, 2.75) is 46.2 Å². The smallest absolute Gasteiger partial charge is 0.234 e. The molecule has 1 rings (SSSR count). The van der Waals surface area contributed by atoms with Crippen molar-refractivity contribution < 1.29 is 9.21 Å². The van der Waals surface area contributed by atoms with Crippen molar-refractivity contribution in [2.75, 3.05) is 19.6 Å². The molecule has 2 atom stereocenters. The number of aryl methyl sites for hydroxylation is 1. The number of likely N-dealkylation sites (N-methyl/N-ethyl adjacent to an activating group) is 2. The fraction of sp³-hybridized carbons (Fsp3) is 0.667. The fourth-order valence-corrected chi connectivity index (χ4v) is 2.34. The van der Waals surface area contributed by atoms with Crippen LogP contribution in [0.2, 0.25) is 0 Å². The summed E-state index contributed by atoms with van der Waals surface area (Å²) in [6.45, 7) is 9.63. The van der Waals surface area contributed by atoms with E-state index >= 15 is 0 Å². The highest BCUT2D eigenvalue weighted by Crippen LogP contribution is 2.26. The predicted molar refractivity (Wildman–Crippen MR) is 80.4 cm³/mol. The van der Waals surface area contributed by atoms with E-state index in [1.54, 1.807) is 0 Å². The number of hydrogen-bond acceptors (Lipinski definition) is 4. The number of nitrogens with one attached hydrogen (secondary N) is 1. The van der Waals surface area contributed by atoms with Gasteiger partial charge in [0.2, 0.25) is 5.91 Å². The largest absolute Gasteiger partial charge is 0.465 e. The molecular formula is C15H27N3O2. The fourth-order valence-electron chi connectivity index (χ4n) is 2.34. The first kappa shape index (κ1) is 16.7. The summed E-state index contributed by atoms with van der Waals surface area (Å²) in [6.07, 6.45) is 0.830. The van der Waals surface area contributed by atoms with Gasteiger partial charge in [-0.15, -0.1) is 0 Å². The summed E-state index contributed by atoms with van der Waals surface area (Å²) < 4.78 is 5.74. The van der Waals surface area contributed by atoms with Crippen molar-refractivity contribution in [3.8, 4) is 0 Å². The van der Waals surface area contributed by atoms with E-state index in [-0.39, 0.29) is 18.0 Å². The van der Waals surface area contributed by atoms with Gasteiger partial charge in [0.25, 0.3) is 0 Å². The van der Waals surface area contributed by atoms with Crippen LogP contribution in [0.1, 0.15) is 44.8 Å². The van der Waals surface area contributed by atoms with E-state index < -0.39 is 0 Å². The van der Waals surface area contributed by atoms with Gasteiger partial charge in [-0.1, -0.05) is 13.8 Å². The first-order valence-electron chi connectivity index (χ1n) is 7.36. The van der Waals surface area contributed by atoms with E-state index in [1.165, 1.54) is 0 Å². The Balaban J connectivity index is 2.92. The highest BCUT2D eigenvalue weighted by molar-refractivity contribution is 5.78. The lowest BCUT2D eigenvalue weighted by Crippen LogP contribution is -2.45. The molecule has 3 N–H and O–H groups in total. The zero-order valence-electron chi connectivity index (χ0n) is 13.0. The molecule has 0 aliphatic rings. The van der Waals surface area contributed by atoms with Crippen molar-refractivity contribution in [3.63, 3.8) is 0 Å². The second-order valence-electron chi connectivity index (χ2n) is 4.98. The molecule has 0 bridgehead atoms. The molecule has 0 saturated heterocycles. The third-order valence-corrected chi connectivity index (χ3v) is 3.45. The quantitative estimate of drug-likeness (QED) is 0.762. The minimum absolute atomic E-state index is 0.0194. The summed E-state index contributed by atoms with van der Waals surface area (Å²) >= 11 is 0. The number of rotatable bonds is 8. The van der Waals surface area contributed by atoms with Crippen LogP contribution in [0.15, 0.2) is 16.5 Å². The molecule has 0 saturated carbocycles. The summed E-state index contributed by atoms with van der Waals surface area (Å²) in [5.74, 6) is 1.72. The Kier molecular flexibility index (Phi) is 6.75. The van der Waals surface area contributed by atoms with Gasteiger partial charge >= 0.3 is 0 Å². The highest BCUT2D eigenvalue weighted by Gasteiger charge is 2.28. The zero-order chi connectivity index (χ0) is 15.1. The maximum absolute atomic E-state index is 11.8. The topological polar surface area (TPSA) is 71.5 Å². The number of carbonyl (C=O) groups excluding carboxylic acids is 1. The van der Waals surface area contributed by atoms with E-state index in [1.807, 2.05) is 39.8 Å². The number of carbonyl (C=O) groups is 1. The van der Waals surface area contributed by atoms with E-state index in [9.17, 15) is 4.79 Å². The van der Waals surface area contributed by atoms with Crippen LogP contribution in [0.3, 0.4) is 0 Å². The van der Waals surface area contributed by atoms with Gasteiger partial charge in [-0.2, -0.15) is 0 Å². The Morgan fingerprint density at radius 3 is 2.55 bits per heavy atom. The molecule has 0 spiro atoms. The molecule has 1 aromatic rings. The van der Waals surface area contributed by atoms with Gasteiger partial charge < -0.3 is 15.5 Å². The third kappa shape index (κ3) is 4.35. The Bertz CT molecular complexity index is 417. The Morgan fingerprint density at radius 2 is 2.10 bits per heavy atom. The number of nitrogens with zero attached hydrogens (tertiary/aromatic N) is 1. The molecule has 1 heterocycles. The minimum atomic E-state index is -0.0682. The van der Waals surface area contributed by atoms with E-state index in [0.717, 1.165) is 24.5 Å². The molecule has 20 heavy (non-hydrogen) atoms. The van der Waals surface area contributed by atoms with Gasteiger partial charge in [-0.05, 0) is 38.9 Å². The monoisotopic (exact) mass is 281 g/mol. The van der Waals surface area contributed by atoms with Gasteiger partial charge in [-0.25, -0.2) is 0 Å². The number of nitrogens with two attached hydrogens (primary N) is 1. The van der Waals surface area contributed by atoms with Crippen LogP contribution in [0.25, 0.3) is 0 Å².